The van der Waals surface area contributed by atoms with E-state index < -0.39 is 11.1 Å². The molecular weight excluding hydrogens is 325 g/mol. The van der Waals surface area contributed by atoms with Crippen LogP contribution in [0.25, 0.3) is 0 Å². The number of aryl methyl sites for hydroxylation is 1. The van der Waals surface area contributed by atoms with Gasteiger partial charge >= 0.3 is 6.18 Å². The van der Waals surface area contributed by atoms with E-state index in [2.05, 4.69) is 20.2 Å². The van der Waals surface area contributed by atoms with E-state index in [9.17, 15) is 13.2 Å². The fourth-order valence-corrected chi connectivity index (χ4v) is 3.36. The van der Waals surface area contributed by atoms with E-state index in [4.69, 9.17) is 0 Å². The van der Waals surface area contributed by atoms with Gasteiger partial charge in [-0.1, -0.05) is 17.4 Å². The van der Waals surface area contributed by atoms with Crippen LogP contribution in [0.1, 0.15) is 23.4 Å². The lowest BCUT2D eigenvalue weighted by Gasteiger charge is -2.33. The van der Waals surface area contributed by atoms with Gasteiger partial charge in [0.2, 0.25) is 0 Å². The van der Waals surface area contributed by atoms with Crippen LogP contribution in [0.4, 0.5) is 24.1 Å². The number of pyridine rings is 1. The van der Waals surface area contributed by atoms with Gasteiger partial charge in [0, 0.05) is 24.8 Å². The average Bonchev–Trinajstić information content (AvgIpc) is 2.97. The average molecular weight is 342 g/mol. The first-order chi connectivity index (χ1) is 10.9. The highest BCUT2D eigenvalue weighted by atomic mass is 32.1. The van der Waals surface area contributed by atoms with Crippen LogP contribution in [0.3, 0.4) is 0 Å². The number of nitrogens with zero attached hydrogens (tertiary/aromatic N) is 3. The molecule has 3 rings (SSSR count). The lowest BCUT2D eigenvalue weighted by Crippen LogP contribution is -2.39. The maximum Gasteiger partial charge on any atom is 0.427 e. The molecule has 0 radical (unpaired) electrons. The minimum Gasteiger partial charge on any atom is -0.359 e. The molecule has 0 spiro atoms. The van der Waals surface area contributed by atoms with E-state index >= 15 is 0 Å². The predicted molar refractivity (Wildman–Crippen MR) is 84.9 cm³/mol. The van der Waals surface area contributed by atoms with Crippen LogP contribution in [-0.2, 0) is 6.18 Å². The monoisotopic (exact) mass is 342 g/mol. The molecule has 1 aliphatic rings. The summed E-state index contributed by atoms with van der Waals surface area (Å²) in [7, 11) is 0. The molecule has 0 bridgehead atoms. The molecule has 8 heteroatoms. The van der Waals surface area contributed by atoms with Crippen molar-refractivity contribution in [1.82, 2.24) is 9.97 Å². The fraction of sp³-hybridized carbons (Fsp3) is 0.467. The lowest BCUT2D eigenvalue weighted by molar-refractivity contribution is -0.134. The Morgan fingerprint density at radius 3 is 2.61 bits per heavy atom. The molecular formula is C15H17F3N4S. The third-order valence-corrected chi connectivity index (χ3v) is 4.78. The van der Waals surface area contributed by atoms with Crippen molar-refractivity contribution in [3.05, 3.63) is 35.0 Å². The number of alkyl halides is 3. The molecule has 0 aliphatic carbocycles. The predicted octanol–water partition coefficient (Wildman–Crippen LogP) is 3.95. The molecule has 1 aliphatic heterocycles. The van der Waals surface area contributed by atoms with Crippen molar-refractivity contribution < 1.29 is 13.2 Å². The van der Waals surface area contributed by atoms with Crippen molar-refractivity contribution in [2.75, 3.05) is 23.3 Å². The molecule has 3 heterocycles. The van der Waals surface area contributed by atoms with Gasteiger partial charge in [0.1, 0.15) is 10.7 Å². The Bertz CT molecular complexity index is 663. The van der Waals surface area contributed by atoms with Crippen molar-refractivity contribution in [3.8, 4) is 0 Å². The summed E-state index contributed by atoms with van der Waals surface area (Å²) in [5.74, 6) is 0.956. The van der Waals surface area contributed by atoms with E-state index in [1.165, 1.54) is 0 Å². The Hall–Kier alpha value is -1.83. The molecule has 1 N–H and O–H groups in total. The summed E-state index contributed by atoms with van der Waals surface area (Å²) in [6, 6.07) is 6.06. The molecule has 1 fully saturated rings. The molecule has 0 saturated carbocycles. The summed E-state index contributed by atoms with van der Waals surface area (Å²) in [6.07, 6.45) is -1.75. The van der Waals surface area contributed by atoms with Crippen LogP contribution in [-0.4, -0.2) is 29.1 Å². The quantitative estimate of drug-likeness (QED) is 0.917. The molecule has 2 aromatic rings. The van der Waals surface area contributed by atoms with Crippen molar-refractivity contribution in [2.24, 2.45) is 0 Å². The smallest absolute Gasteiger partial charge is 0.359 e. The number of halogens is 3. The summed E-state index contributed by atoms with van der Waals surface area (Å²) in [5.41, 5.74) is 0.977. The van der Waals surface area contributed by atoms with Gasteiger partial charge in [0.15, 0.2) is 5.13 Å². The first kappa shape index (κ1) is 16.0. The molecule has 124 valence electrons. The molecule has 0 aromatic carbocycles. The van der Waals surface area contributed by atoms with Gasteiger partial charge in [-0.05, 0) is 31.9 Å². The Morgan fingerprint density at radius 1 is 1.26 bits per heavy atom. The molecule has 23 heavy (non-hydrogen) atoms. The zero-order chi connectivity index (χ0) is 16.4. The standard InChI is InChI=1S/C15H17F3N4S/c1-10-3-2-4-13(20-10)22-7-5-11(6-8-22)21-14-19-9-12(23-14)15(16,17)18/h2-4,9,11H,5-8H2,1H3,(H,19,21). The van der Waals surface area contributed by atoms with Crippen molar-refractivity contribution >= 4 is 22.3 Å². The fourth-order valence-electron chi connectivity index (χ4n) is 2.60. The normalized spacial score (nSPS) is 16.6. The van der Waals surface area contributed by atoms with Crippen LogP contribution in [0.5, 0.6) is 0 Å². The lowest BCUT2D eigenvalue weighted by atomic mass is 10.1. The van der Waals surface area contributed by atoms with Crippen LogP contribution >= 0.6 is 11.3 Å². The first-order valence-corrected chi connectivity index (χ1v) is 8.21. The number of rotatable bonds is 3. The second-order valence-electron chi connectivity index (χ2n) is 5.57. The molecule has 1 saturated heterocycles. The summed E-state index contributed by atoms with van der Waals surface area (Å²) in [6.45, 7) is 3.61. The van der Waals surface area contributed by atoms with E-state index in [1.807, 2.05) is 25.1 Å². The largest absolute Gasteiger partial charge is 0.427 e. The van der Waals surface area contributed by atoms with Gasteiger partial charge < -0.3 is 10.2 Å². The van der Waals surface area contributed by atoms with Gasteiger partial charge in [-0.15, -0.1) is 0 Å². The Morgan fingerprint density at radius 2 is 2.00 bits per heavy atom. The zero-order valence-electron chi connectivity index (χ0n) is 12.6. The van der Waals surface area contributed by atoms with E-state index in [1.54, 1.807) is 0 Å². The van der Waals surface area contributed by atoms with Gasteiger partial charge in [0.25, 0.3) is 0 Å². The zero-order valence-corrected chi connectivity index (χ0v) is 13.4. The first-order valence-electron chi connectivity index (χ1n) is 7.40. The highest BCUT2D eigenvalue weighted by Crippen LogP contribution is 2.35. The molecule has 0 atom stereocenters. The van der Waals surface area contributed by atoms with E-state index in [0.29, 0.717) is 16.5 Å². The van der Waals surface area contributed by atoms with Crippen molar-refractivity contribution in [3.63, 3.8) is 0 Å². The van der Waals surface area contributed by atoms with Gasteiger partial charge in [-0.2, -0.15) is 13.2 Å². The second kappa shape index (κ2) is 6.35. The van der Waals surface area contributed by atoms with Crippen molar-refractivity contribution in [1.29, 1.82) is 0 Å². The minimum absolute atomic E-state index is 0.142. The number of nitrogens with one attached hydrogen (secondary N) is 1. The summed E-state index contributed by atoms with van der Waals surface area (Å²) in [5, 5.41) is 3.45. The highest BCUT2D eigenvalue weighted by Gasteiger charge is 2.33. The molecule has 2 aromatic heterocycles. The SMILES string of the molecule is Cc1cccc(N2CCC(Nc3ncc(C(F)(F)F)s3)CC2)n1. The number of aromatic nitrogens is 2. The van der Waals surface area contributed by atoms with Crippen LogP contribution in [0.15, 0.2) is 24.4 Å². The third-order valence-electron chi connectivity index (χ3n) is 3.81. The number of thiazole rings is 1. The van der Waals surface area contributed by atoms with Crippen LogP contribution in [0, 0.1) is 6.92 Å². The summed E-state index contributed by atoms with van der Waals surface area (Å²) >= 11 is 0.659. The Kier molecular flexibility index (Phi) is 4.43. The molecule has 4 nitrogen and oxygen atoms in total. The maximum absolute atomic E-state index is 12.6. The van der Waals surface area contributed by atoms with E-state index in [0.717, 1.165) is 43.6 Å². The highest BCUT2D eigenvalue weighted by molar-refractivity contribution is 7.15. The van der Waals surface area contributed by atoms with E-state index in [-0.39, 0.29) is 6.04 Å². The number of hydrogen-bond donors (Lipinski definition) is 1. The van der Waals surface area contributed by atoms with Crippen LogP contribution in [0.2, 0.25) is 0 Å². The van der Waals surface area contributed by atoms with Gasteiger partial charge in [-0.3, -0.25) is 0 Å². The minimum atomic E-state index is -4.32. The maximum atomic E-state index is 12.6. The van der Waals surface area contributed by atoms with Gasteiger partial charge in [0.05, 0.1) is 6.20 Å². The third kappa shape index (κ3) is 3.93. The summed E-state index contributed by atoms with van der Waals surface area (Å²) in [4.78, 5) is 9.87. The topological polar surface area (TPSA) is 41.0 Å². The Balaban J connectivity index is 1.56. The number of piperidine rings is 1. The number of hydrogen-bond acceptors (Lipinski definition) is 5. The summed E-state index contributed by atoms with van der Waals surface area (Å²) < 4.78 is 37.7. The molecule has 0 unspecified atom stereocenters. The van der Waals surface area contributed by atoms with Gasteiger partial charge in [-0.25, -0.2) is 9.97 Å². The number of anilines is 2. The Labute approximate surface area is 136 Å². The van der Waals surface area contributed by atoms with Crippen LogP contribution < -0.4 is 10.2 Å². The molecule has 0 amide bonds. The second-order valence-corrected chi connectivity index (χ2v) is 6.60. The van der Waals surface area contributed by atoms with Crippen molar-refractivity contribution in [2.45, 2.75) is 32.0 Å².